The average Bonchev–Trinajstić information content (AvgIpc) is 3.05. The molecule has 0 heterocycles. The fraction of sp³-hybridized carbons (Fsp3) is 0.786. The summed E-state index contributed by atoms with van der Waals surface area (Å²) in [6.07, 6.45) is 15.2. The first-order valence-corrected chi connectivity index (χ1v) is 12.6. The number of aliphatic hydroxyl groups is 2. The van der Waals surface area contributed by atoms with E-state index in [1.807, 2.05) is 21.0 Å². The van der Waals surface area contributed by atoms with Crippen molar-refractivity contribution in [3.8, 4) is 0 Å². The van der Waals surface area contributed by atoms with E-state index in [9.17, 15) is 10.2 Å². The topological polar surface area (TPSA) is 49.7 Å². The molecule has 0 unspecified atom stereocenters. The number of ether oxygens (including phenoxy) is 1. The number of hydrogen-bond acceptors (Lipinski definition) is 3. The lowest BCUT2D eigenvalue weighted by Gasteiger charge is -2.45. The molecule has 31 heavy (non-hydrogen) atoms. The van der Waals surface area contributed by atoms with Crippen molar-refractivity contribution in [2.75, 3.05) is 7.11 Å². The Kier molecular flexibility index (Phi) is 7.92. The molecule has 0 aromatic rings. The van der Waals surface area contributed by atoms with Gasteiger partial charge >= 0.3 is 0 Å². The molecule has 0 radical (unpaired) electrons. The summed E-state index contributed by atoms with van der Waals surface area (Å²) in [4.78, 5) is 0. The summed E-state index contributed by atoms with van der Waals surface area (Å²) in [6, 6.07) is 0. The van der Waals surface area contributed by atoms with Crippen LogP contribution < -0.4 is 0 Å². The second-order valence-corrected chi connectivity index (χ2v) is 11.5. The van der Waals surface area contributed by atoms with Gasteiger partial charge < -0.3 is 14.9 Å². The number of methoxy groups -OCH3 is 1. The normalized spacial score (nSPS) is 36.6. The standard InChI is InChI=1S/C28H46O3/c1-19-9-12-23(29)18-22(19)11-10-21-8-7-16-28(5)24(13-14-25(21)28)20(2)26(31-6)15-17-27(3,4)30/h10-11,20,23-26,29-30H,1,7-9,12-18H2,2-6H3/b21-10+,22-11-/t20-,23-,24+,25-,26+,28+/m0/s1. The summed E-state index contributed by atoms with van der Waals surface area (Å²) in [5, 5.41) is 20.3. The first kappa shape index (κ1) is 24.7. The molecular weight excluding hydrogens is 384 g/mol. The number of aliphatic hydroxyl groups excluding tert-OH is 1. The van der Waals surface area contributed by atoms with E-state index in [0.29, 0.717) is 23.2 Å². The Hall–Kier alpha value is -0.900. The Balaban J connectivity index is 1.75. The van der Waals surface area contributed by atoms with E-state index in [2.05, 4.69) is 32.6 Å². The zero-order valence-electron chi connectivity index (χ0n) is 20.6. The minimum absolute atomic E-state index is 0.204. The van der Waals surface area contributed by atoms with Crippen molar-refractivity contribution >= 4 is 0 Å². The van der Waals surface area contributed by atoms with E-state index in [1.165, 1.54) is 43.3 Å². The smallest absolute Gasteiger partial charge is 0.0600 e. The molecule has 3 aliphatic carbocycles. The first-order chi connectivity index (χ1) is 14.5. The minimum Gasteiger partial charge on any atom is -0.393 e. The van der Waals surface area contributed by atoms with Crippen LogP contribution in [0.4, 0.5) is 0 Å². The zero-order chi connectivity index (χ0) is 22.8. The summed E-state index contributed by atoms with van der Waals surface area (Å²) < 4.78 is 5.95. The molecule has 3 nitrogen and oxygen atoms in total. The third-order valence-electron chi connectivity index (χ3n) is 8.79. The van der Waals surface area contributed by atoms with Crippen LogP contribution in [0.1, 0.15) is 91.9 Å². The molecule has 0 bridgehead atoms. The summed E-state index contributed by atoms with van der Waals surface area (Å²) in [6.45, 7) is 12.9. The van der Waals surface area contributed by atoms with Gasteiger partial charge in [-0.2, -0.15) is 0 Å². The van der Waals surface area contributed by atoms with Crippen LogP contribution in [0.15, 0.2) is 35.5 Å². The highest BCUT2D eigenvalue weighted by atomic mass is 16.5. The van der Waals surface area contributed by atoms with Crippen LogP contribution in [0.3, 0.4) is 0 Å². The third kappa shape index (κ3) is 5.72. The van der Waals surface area contributed by atoms with Crippen molar-refractivity contribution < 1.29 is 14.9 Å². The van der Waals surface area contributed by atoms with E-state index in [-0.39, 0.29) is 12.2 Å². The number of hydrogen-bond donors (Lipinski definition) is 2. The van der Waals surface area contributed by atoms with E-state index in [0.717, 1.165) is 32.1 Å². The van der Waals surface area contributed by atoms with Gasteiger partial charge in [-0.15, -0.1) is 0 Å². The van der Waals surface area contributed by atoms with Crippen LogP contribution in [0.5, 0.6) is 0 Å². The second-order valence-electron chi connectivity index (χ2n) is 11.5. The molecule has 3 aliphatic rings. The Morgan fingerprint density at radius 3 is 2.65 bits per heavy atom. The van der Waals surface area contributed by atoms with Crippen molar-refractivity contribution in [1.29, 1.82) is 0 Å². The lowest BCUT2D eigenvalue weighted by molar-refractivity contribution is -0.0247. The molecule has 3 saturated carbocycles. The molecule has 2 N–H and O–H groups in total. The molecular formula is C28H46O3. The molecule has 0 aliphatic heterocycles. The van der Waals surface area contributed by atoms with E-state index >= 15 is 0 Å². The van der Waals surface area contributed by atoms with Crippen LogP contribution in [0, 0.1) is 23.2 Å². The van der Waals surface area contributed by atoms with Gasteiger partial charge in [-0.1, -0.05) is 43.7 Å². The van der Waals surface area contributed by atoms with E-state index in [1.54, 1.807) is 5.57 Å². The molecule has 6 atom stereocenters. The van der Waals surface area contributed by atoms with E-state index < -0.39 is 5.60 Å². The van der Waals surface area contributed by atoms with Gasteiger partial charge in [-0.05, 0) is 107 Å². The molecule has 3 fully saturated rings. The second kappa shape index (κ2) is 9.93. The molecule has 0 spiro atoms. The Labute approximate surface area is 190 Å². The molecule has 0 saturated heterocycles. The van der Waals surface area contributed by atoms with Gasteiger partial charge in [0.25, 0.3) is 0 Å². The van der Waals surface area contributed by atoms with Crippen molar-refractivity contribution in [3.63, 3.8) is 0 Å². The van der Waals surface area contributed by atoms with Crippen LogP contribution in [-0.2, 0) is 4.74 Å². The van der Waals surface area contributed by atoms with E-state index in [4.69, 9.17) is 4.74 Å². The fourth-order valence-electron chi connectivity index (χ4n) is 6.89. The highest BCUT2D eigenvalue weighted by Gasteiger charge is 2.51. The van der Waals surface area contributed by atoms with Crippen molar-refractivity contribution in [3.05, 3.63) is 35.5 Å². The summed E-state index contributed by atoms with van der Waals surface area (Å²) in [7, 11) is 1.84. The Morgan fingerprint density at radius 2 is 1.97 bits per heavy atom. The van der Waals surface area contributed by atoms with Crippen molar-refractivity contribution in [2.45, 2.75) is 110 Å². The summed E-state index contributed by atoms with van der Waals surface area (Å²) in [5.74, 6) is 1.81. The van der Waals surface area contributed by atoms with Crippen LogP contribution in [0.2, 0.25) is 0 Å². The monoisotopic (exact) mass is 430 g/mol. The maximum Gasteiger partial charge on any atom is 0.0600 e. The van der Waals surface area contributed by atoms with Crippen LogP contribution in [0.25, 0.3) is 0 Å². The van der Waals surface area contributed by atoms with Gasteiger partial charge in [-0.25, -0.2) is 0 Å². The van der Waals surface area contributed by atoms with Crippen LogP contribution in [-0.4, -0.2) is 35.1 Å². The number of fused-ring (bicyclic) bond motifs is 1. The van der Waals surface area contributed by atoms with Gasteiger partial charge in [0.2, 0.25) is 0 Å². The Bertz CT molecular complexity index is 698. The quantitative estimate of drug-likeness (QED) is 0.494. The highest BCUT2D eigenvalue weighted by molar-refractivity contribution is 5.36. The Morgan fingerprint density at radius 1 is 1.23 bits per heavy atom. The summed E-state index contributed by atoms with van der Waals surface area (Å²) in [5.41, 5.74) is 3.75. The number of rotatable bonds is 7. The third-order valence-corrected chi connectivity index (χ3v) is 8.79. The van der Waals surface area contributed by atoms with Gasteiger partial charge in [0, 0.05) is 7.11 Å². The van der Waals surface area contributed by atoms with Gasteiger partial charge in [0.1, 0.15) is 0 Å². The van der Waals surface area contributed by atoms with Gasteiger partial charge in [0.15, 0.2) is 0 Å². The lowest BCUT2D eigenvalue weighted by Crippen LogP contribution is -2.40. The molecule has 0 aromatic heterocycles. The van der Waals surface area contributed by atoms with Gasteiger partial charge in [0.05, 0.1) is 17.8 Å². The largest absolute Gasteiger partial charge is 0.393 e. The predicted octanol–water partition coefficient (Wildman–Crippen LogP) is 6.36. The van der Waals surface area contributed by atoms with Gasteiger partial charge in [-0.3, -0.25) is 0 Å². The van der Waals surface area contributed by atoms with Crippen LogP contribution >= 0.6 is 0 Å². The molecule has 0 aromatic carbocycles. The average molecular weight is 431 g/mol. The molecule has 3 heteroatoms. The maximum absolute atomic E-state index is 10.2. The minimum atomic E-state index is -0.635. The first-order valence-electron chi connectivity index (χ1n) is 12.6. The maximum atomic E-state index is 10.2. The molecule has 0 amide bonds. The predicted molar refractivity (Wildman–Crippen MR) is 129 cm³/mol. The SMILES string of the molecule is C=C1CC[C@H](O)C/C1=C/C=C1\CCC[C@]2(C)[C@@H]([C@H](C)[C@@H](CCC(C)(C)O)OC)CC[C@@H]12. The highest BCUT2D eigenvalue weighted by Crippen LogP contribution is 2.60. The molecule has 176 valence electrons. The van der Waals surface area contributed by atoms with Crippen molar-refractivity contribution in [1.82, 2.24) is 0 Å². The zero-order valence-corrected chi connectivity index (χ0v) is 20.6. The molecule has 3 rings (SSSR count). The lowest BCUT2D eigenvalue weighted by atomic mass is 9.60. The summed E-state index contributed by atoms with van der Waals surface area (Å²) >= 11 is 0. The van der Waals surface area contributed by atoms with Crippen molar-refractivity contribution in [2.24, 2.45) is 23.2 Å². The number of allylic oxidation sites excluding steroid dienone is 4. The fourth-order valence-corrected chi connectivity index (χ4v) is 6.89.